The number of nitrogens with zero attached hydrogens (tertiary/aromatic N) is 1. The molecule has 0 bridgehead atoms. The van der Waals surface area contributed by atoms with E-state index < -0.39 is 0 Å². The number of hydrogen-bond acceptors (Lipinski definition) is 3. The maximum absolute atomic E-state index is 7.87. The molecule has 3 heteroatoms. The van der Waals surface area contributed by atoms with E-state index in [9.17, 15) is 0 Å². The molecule has 0 aliphatic heterocycles. The SMILES string of the molecule is C=CC.C=CCN(O)O. The highest BCUT2D eigenvalue weighted by Gasteiger charge is 1.80. The maximum atomic E-state index is 7.87. The second-order valence-electron chi connectivity index (χ2n) is 1.25. The molecule has 0 aromatic rings. The van der Waals surface area contributed by atoms with Gasteiger partial charge in [-0.05, 0) is 6.92 Å². The van der Waals surface area contributed by atoms with E-state index in [4.69, 9.17) is 10.4 Å². The first-order chi connectivity index (χ1) is 4.18. The molecule has 0 radical (unpaired) electrons. The minimum Gasteiger partial charge on any atom is -0.289 e. The average Bonchev–Trinajstić information content (AvgIpc) is 1.67. The van der Waals surface area contributed by atoms with Gasteiger partial charge in [0, 0.05) is 0 Å². The van der Waals surface area contributed by atoms with Gasteiger partial charge in [0.15, 0.2) is 0 Å². The van der Waals surface area contributed by atoms with E-state index in [2.05, 4.69) is 13.2 Å². The third-order valence-corrected chi connectivity index (χ3v) is 0.292. The molecule has 0 saturated heterocycles. The fourth-order valence-electron chi connectivity index (χ4n) is 0.115. The van der Waals surface area contributed by atoms with Gasteiger partial charge in [-0.25, -0.2) is 0 Å². The van der Waals surface area contributed by atoms with Gasteiger partial charge >= 0.3 is 0 Å². The quantitative estimate of drug-likeness (QED) is 0.440. The molecule has 0 aliphatic rings. The predicted octanol–water partition coefficient (Wildman–Crippen LogP) is 1.45. The van der Waals surface area contributed by atoms with Crippen molar-refractivity contribution in [1.29, 1.82) is 0 Å². The molecule has 54 valence electrons. The van der Waals surface area contributed by atoms with E-state index in [0.717, 1.165) is 0 Å². The van der Waals surface area contributed by atoms with Gasteiger partial charge in [-0.3, -0.25) is 10.4 Å². The lowest BCUT2D eigenvalue weighted by atomic mass is 10.7. The second kappa shape index (κ2) is 10.4. The zero-order valence-electron chi connectivity index (χ0n) is 5.62. The molecule has 0 heterocycles. The molecule has 0 amide bonds. The Morgan fingerprint density at radius 2 is 1.78 bits per heavy atom. The number of allylic oxidation sites excluding steroid dienone is 1. The first-order valence-corrected chi connectivity index (χ1v) is 2.52. The van der Waals surface area contributed by atoms with Crippen molar-refractivity contribution in [2.75, 3.05) is 6.54 Å². The van der Waals surface area contributed by atoms with E-state index >= 15 is 0 Å². The summed E-state index contributed by atoms with van der Waals surface area (Å²) in [6.45, 7) is 8.57. The molecule has 3 nitrogen and oxygen atoms in total. The summed E-state index contributed by atoms with van der Waals surface area (Å²) in [5.74, 6) is 0. The van der Waals surface area contributed by atoms with Gasteiger partial charge in [-0.15, -0.1) is 13.2 Å². The van der Waals surface area contributed by atoms with Crippen molar-refractivity contribution in [1.82, 2.24) is 5.23 Å². The molecule has 0 spiro atoms. The van der Waals surface area contributed by atoms with Crippen LogP contribution in [0.3, 0.4) is 0 Å². The summed E-state index contributed by atoms with van der Waals surface area (Å²) in [6, 6.07) is 0. The molecule has 0 fully saturated rings. The van der Waals surface area contributed by atoms with Gasteiger partial charge in [-0.1, -0.05) is 17.4 Å². The van der Waals surface area contributed by atoms with E-state index in [1.165, 1.54) is 6.08 Å². The van der Waals surface area contributed by atoms with Crippen LogP contribution in [0, 0.1) is 0 Å². The number of hydrogen-bond donors (Lipinski definition) is 2. The van der Waals surface area contributed by atoms with Crippen LogP contribution in [0.1, 0.15) is 6.92 Å². The summed E-state index contributed by atoms with van der Waals surface area (Å²) in [5.41, 5.74) is 0. The molecule has 0 atom stereocenters. The first kappa shape index (κ1) is 11.2. The summed E-state index contributed by atoms with van der Waals surface area (Å²) in [7, 11) is 0. The van der Waals surface area contributed by atoms with Gasteiger partial charge in [0.1, 0.15) is 0 Å². The van der Waals surface area contributed by atoms with Crippen LogP contribution in [0.15, 0.2) is 25.3 Å². The minimum atomic E-state index is 0.0625. The normalized spacial score (nSPS) is 7.56. The monoisotopic (exact) mass is 131 g/mol. The summed E-state index contributed by atoms with van der Waals surface area (Å²) in [6.07, 6.45) is 3.12. The molecule has 0 rings (SSSR count). The van der Waals surface area contributed by atoms with Gasteiger partial charge < -0.3 is 0 Å². The Balaban J connectivity index is 0. The fraction of sp³-hybridized carbons (Fsp3) is 0.333. The maximum Gasteiger partial charge on any atom is 0.0691 e. The Hall–Kier alpha value is -0.640. The Bertz CT molecular complexity index is 71.5. The lowest BCUT2D eigenvalue weighted by Crippen LogP contribution is -2.11. The van der Waals surface area contributed by atoms with Gasteiger partial charge in [0.25, 0.3) is 0 Å². The molecule has 0 aromatic carbocycles. The molecule has 0 unspecified atom stereocenters. The molecule has 0 aromatic heterocycles. The molecule has 2 N–H and O–H groups in total. The van der Waals surface area contributed by atoms with Crippen LogP contribution >= 0.6 is 0 Å². The third-order valence-electron chi connectivity index (χ3n) is 0.292. The molecule has 0 saturated carbocycles. The minimum absolute atomic E-state index is 0.0625. The van der Waals surface area contributed by atoms with Crippen molar-refractivity contribution in [2.24, 2.45) is 0 Å². The molecular formula is C6H13NO2. The van der Waals surface area contributed by atoms with Crippen molar-refractivity contribution in [3.63, 3.8) is 0 Å². The van der Waals surface area contributed by atoms with Gasteiger partial charge in [-0.2, -0.15) is 0 Å². The lowest BCUT2D eigenvalue weighted by molar-refractivity contribution is -0.299. The van der Waals surface area contributed by atoms with Crippen molar-refractivity contribution in [2.45, 2.75) is 6.92 Å². The summed E-state index contributed by atoms with van der Waals surface area (Å²) < 4.78 is 0. The van der Waals surface area contributed by atoms with Crippen LogP contribution < -0.4 is 0 Å². The van der Waals surface area contributed by atoms with E-state index in [-0.39, 0.29) is 11.8 Å². The van der Waals surface area contributed by atoms with Gasteiger partial charge in [0.05, 0.1) is 6.54 Å². The lowest BCUT2D eigenvalue weighted by Gasteiger charge is -1.96. The third kappa shape index (κ3) is 38.0. The van der Waals surface area contributed by atoms with Crippen LogP contribution in [0.4, 0.5) is 0 Å². The summed E-state index contributed by atoms with van der Waals surface area (Å²) >= 11 is 0. The standard InChI is InChI=1S/C3H7NO2.C3H6/c1-2-3-4(5)6;1-3-2/h2,5-6H,1,3H2;3H,1H2,2H3. The van der Waals surface area contributed by atoms with Crippen LogP contribution in [0.5, 0.6) is 0 Å². The largest absolute Gasteiger partial charge is 0.289 e. The first-order valence-electron chi connectivity index (χ1n) is 2.52. The number of rotatable bonds is 2. The zero-order valence-corrected chi connectivity index (χ0v) is 5.62. The molecule has 0 aliphatic carbocycles. The Morgan fingerprint density at radius 3 is 1.78 bits per heavy atom. The predicted molar refractivity (Wildman–Crippen MR) is 36.3 cm³/mol. The smallest absolute Gasteiger partial charge is 0.0691 e. The highest BCUT2D eigenvalue weighted by atomic mass is 16.8. The van der Waals surface area contributed by atoms with E-state index in [1.54, 1.807) is 6.08 Å². The van der Waals surface area contributed by atoms with Crippen LogP contribution in [0.25, 0.3) is 0 Å². The van der Waals surface area contributed by atoms with E-state index in [1.807, 2.05) is 6.92 Å². The summed E-state index contributed by atoms with van der Waals surface area (Å²) in [5, 5.41) is 15.8. The highest BCUT2D eigenvalue weighted by molar-refractivity contribution is 4.65. The van der Waals surface area contributed by atoms with Crippen LogP contribution in [-0.2, 0) is 0 Å². The average molecular weight is 131 g/mol. The zero-order chi connectivity index (χ0) is 7.70. The van der Waals surface area contributed by atoms with Crippen molar-refractivity contribution in [3.8, 4) is 0 Å². The Kier molecular flexibility index (Phi) is 12.9. The summed E-state index contributed by atoms with van der Waals surface area (Å²) in [4.78, 5) is 0. The van der Waals surface area contributed by atoms with Crippen LogP contribution in [0.2, 0.25) is 0 Å². The van der Waals surface area contributed by atoms with Crippen molar-refractivity contribution >= 4 is 0 Å². The van der Waals surface area contributed by atoms with Gasteiger partial charge in [0.2, 0.25) is 0 Å². The van der Waals surface area contributed by atoms with Crippen molar-refractivity contribution < 1.29 is 10.4 Å². The highest BCUT2D eigenvalue weighted by Crippen LogP contribution is 1.67. The second-order valence-corrected chi connectivity index (χ2v) is 1.25. The Morgan fingerprint density at radius 1 is 1.44 bits per heavy atom. The number of hydroxylamine groups is 2. The Labute approximate surface area is 55.4 Å². The van der Waals surface area contributed by atoms with Crippen LogP contribution in [-0.4, -0.2) is 22.2 Å². The van der Waals surface area contributed by atoms with Crippen molar-refractivity contribution in [3.05, 3.63) is 25.3 Å². The van der Waals surface area contributed by atoms with E-state index in [0.29, 0.717) is 0 Å². The topological polar surface area (TPSA) is 43.7 Å². The fourth-order valence-corrected chi connectivity index (χ4v) is 0.115. The molecular weight excluding hydrogens is 118 g/mol. The molecule has 9 heavy (non-hydrogen) atoms.